The number of rotatable bonds is 6. The SMILES string of the molecule is NCC1CCC([C@H](NC(=O)Cc2cccc(F)c2)c2ccccn2)CC1. The van der Waals surface area contributed by atoms with Crippen LogP contribution in [0.1, 0.15) is 43.0 Å². The summed E-state index contributed by atoms with van der Waals surface area (Å²) in [6, 6.07) is 11.8. The molecule has 1 heterocycles. The molecule has 1 aliphatic carbocycles. The van der Waals surface area contributed by atoms with E-state index in [4.69, 9.17) is 5.73 Å². The molecule has 1 atom stereocenters. The number of amides is 1. The summed E-state index contributed by atoms with van der Waals surface area (Å²) in [4.78, 5) is 17.1. The smallest absolute Gasteiger partial charge is 0.224 e. The molecule has 0 unspecified atom stereocenters. The summed E-state index contributed by atoms with van der Waals surface area (Å²) < 4.78 is 13.4. The van der Waals surface area contributed by atoms with Crippen molar-refractivity contribution in [2.24, 2.45) is 17.6 Å². The number of nitrogens with zero attached hydrogens (tertiary/aromatic N) is 1. The molecule has 4 nitrogen and oxygen atoms in total. The van der Waals surface area contributed by atoms with Crippen LogP contribution in [0.25, 0.3) is 0 Å². The number of carbonyl (C=O) groups excluding carboxylic acids is 1. The second-order valence-electron chi connectivity index (χ2n) is 7.12. The molecule has 0 bridgehead atoms. The van der Waals surface area contributed by atoms with Crippen molar-refractivity contribution < 1.29 is 9.18 Å². The lowest BCUT2D eigenvalue weighted by Crippen LogP contribution is -2.37. The van der Waals surface area contributed by atoms with Crippen molar-refractivity contribution in [3.05, 3.63) is 65.7 Å². The van der Waals surface area contributed by atoms with E-state index in [-0.39, 0.29) is 24.2 Å². The lowest BCUT2D eigenvalue weighted by molar-refractivity contribution is -0.121. The molecule has 1 fully saturated rings. The van der Waals surface area contributed by atoms with Crippen molar-refractivity contribution in [3.8, 4) is 0 Å². The van der Waals surface area contributed by atoms with E-state index in [2.05, 4.69) is 10.3 Å². The van der Waals surface area contributed by atoms with Gasteiger partial charge in [-0.05, 0) is 73.9 Å². The monoisotopic (exact) mass is 355 g/mol. The molecule has 0 radical (unpaired) electrons. The van der Waals surface area contributed by atoms with Gasteiger partial charge in [-0.2, -0.15) is 0 Å². The fraction of sp³-hybridized carbons (Fsp3) is 0.429. The van der Waals surface area contributed by atoms with Gasteiger partial charge in [0.25, 0.3) is 0 Å². The highest BCUT2D eigenvalue weighted by Crippen LogP contribution is 2.36. The number of nitrogens with one attached hydrogen (secondary N) is 1. The maximum Gasteiger partial charge on any atom is 0.224 e. The molecule has 138 valence electrons. The van der Waals surface area contributed by atoms with Crippen LogP contribution in [0.15, 0.2) is 48.7 Å². The zero-order chi connectivity index (χ0) is 18.4. The number of aromatic nitrogens is 1. The van der Waals surface area contributed by atoms with Crippen molar-refractivity contribution in [2.75, 3.05) is 6.54 Å². The number of hydrogen-bond donors (Lipinski definition) is 2. The van der Waals surface area contributed by atoms with Gasteiger partial charge in [-0.1, -0.05) is 18.2 Å². The van der Waals surface area contributed by atoms with Gasteiger partial charge in [0.15, 0.2) is 0 Å². The van der Waals surface area contributed by atoms with E-state index in [1.807, 2.05) is 18.2 Å². The van der Waals surface area contributed by atoms with E-state index < -0.39 is 0 Å². The number of halogens is 1. The van der Waals surface area contributed by atoms with E-state index in [0.29, 0.717) is 17.4 Å². The highest BCUT2D eigenvalue weighted by molar-refractivity contribution is 5.79. The normalized spacial score (nSPS) is 21.2. The van der Waals surface area contributed by atoms with Crippen LogP contribution in [0.3, 0.4) is 0 Å². The van der Waals surface area contributed by atoms with Gasteiger partial charge < -0.3 is 11.1 Å². The van der Waals surface area contributed by atoms with Crippen molar-refractivity contribution in [1.82, 2.24) is 10.3 Å². The number of hydrogen-bond acceptors (Lipinski definition) is 3. The van der Waals surface area contributed by atoms with Crippen LogP contribution in [0.2, 0.25) is 0 Å². The Morgan fingerprint density at radius 2 is 2.00 bits per heavy atom. The predicted molar refractivity (Wildman–Crippen MR) is 99.7 cm³/mol. The van der Waals surface area contributed by atoms with Crippen molar-refractivity contribution >= 4 is 5.91 Å². The molecule has 1 aromatic heterocycles. The number of benzene rings is 1. The Bertz CT molecular complexity index is 714. The lowest BCUT2D eigenvalue weighted by Gasteiger charge is -2.33. The Morgan fingerprint density at radius 1 is 1.19 bits per heavy atom. The molecule has 1 saturated carbocycles. The van der Waals surface area contributed by atoms with Crippen LogP contribution < -0.4 is 11.1 Å². The molecule has 1 amide bonds. The van der Waals surface area contributed by atoms with E-state index in [1.165, 1.54) is 12.1 Å². The van der Waals surface area contributed by atoms with Crippen LogP contribution >= 0.6 is 0 Å². The van der Waals surface area contributed by atoms with Crippen LogP contribution in [0, 0.1) is 17.7 Å². The zero-order valence-corrected chi connectivity index (χ0v) is 14.9. The zero-order valence-electron chi connectivity index (χ0n) is 14.9. The standard InChI is InChI=1S/C21H26FN3O/c22-18-5-3-4-16(12-18)13-20(26)25-21(19-6-1-2-11-24-19)17-9-7-15(14-23)8-10-17/h1-6,11-12,15,17,21H,7-10,13-14,23H2,(H,25,26)/t15?,17?,21-/m0/s1. The second-order valence-corrected chi connectivity index (χ2v) is 7.12. The van der Waals surface area contributed by atoms with Gasteiger partial charge >= 0.3 is 0 Å². The van der Waals surface area contributed by atoms with Gasteiger partial charge in [0.05, 0.1) is 18.2 Å². The summed E-state index contributed by atoms with van der Waals surface area (Å²) in [5.74, 6) is 0.506. The summed E-state index contributed by atoms with van der Waals surface area (Å²) in [5.41, 5.74) is 7.36. The molecule has 5 heteroatoms. The minimum Gasteiger partial charge on any atom is -0.347 e. The summed E-state index contributed by atoms with van der Waals surface area (Å²) >= 11 is 0. The van der Waals surface area contributed by atoms with Gasteiger partial charge in [0.1, 0.15) is 5.82 Å². The third-order valence-electron chi connectivity index (χ3n) is 5.27. The average molecular weight is 355 g/mol. The predicted octanol–water partition coefficient (Wildman–Crippen LogP) is 3.39. The third kappa shape index (κ3) is 4.88. The molecule has 3 N–H and O–H groups in total. The topological polar surface area (TPSA) is 68.0 Å². The highest BCUT2D eigenvalue weighted by atomic mass is 19.1. The largest absolute Gasteiger partial charge is 0.347 e. The second kappa shape index (κ2) is 8.90. The molecule has 1 aromatic carbocycles. The molecule has 1 aliphatic rings. The Labute approximate surface area is 154 Å². The number of pyridine rings is 1. The van der Waals surface area contributed by atoms with E-state index in [0.717, 1.165) is 37.9 Å². The van der Waals surface area contributed by atoms with E-state index >= 15 is 0 Å². The quantitative estimate of drug-likeness (QED) is 0.835. The summed E-state index contributed by atoms with van der Waals surface area (Å²) in [5, 5.41) is 3.15. The number of carbonyl (C=O) groups is 1. The fourth-order valence-electron chi connectivity index (χ4n) is 3.81. The van der Waals surface area contributed by atoms with Crippen molar-refractivity contribution in [3.63, 3.8) is 0 Å². The van der Waals surface area contributed by atoms with Gasteiger partial charge in [0.2, 0.25) is 5.91 Å². The Morgan fingerprint density at radius 3 is 2.65 bits per heavy atom. The number of nitrogens with two attached hydrogens (primary N) is 1. The minimum atomic E-state index is -0.323. The maximum absolute atomic E-state index is 13.4. The van der Waals surface area contributed by atoms with Crippen LogP contribution in [0.4, 0.5) is 4.39 Å². The molecule has 3 rings (SSSR count). The molecular weight excluding hydrogens is 329 g/mol. The van der Waals surface area contributed by atoms with Gasteiger partial charge in [-0.3, -0.25) is 9.78 Å². The summed E-state index contributed by atoms with van der Waals surface area (Å²) in [6.45, 7) is 0.729. The average Bonchev–Trinajstić information content (AvgIpc) is 2.67. The van der Waals surface area contributed by atoms with Gasteiger partial charge in [0, 0.05) is 6.20 Å². The Hall–Kier alpha value is -2.27. The molecule has 26 heavy (non-hydrogen) atoms. The first-order chi connectivity index (χ1) is 12.7. The molecule has 0 saturated heterocycles. The van der Waals surface area contributed by atoms with E-state index in [9.17, 15) is 9.18 Å². The fourth-order valence-corrected chi connectivity index (χ4v) is 3.81. The highest BCUT2D eigenvalue weighted by Gasteiger charge is 2.30. The van der Waals surface area contributed by atoms with Crippen LogP contribution in [-0.2, 0) is 11.2 Å². The molecule has 2 aromatic rings. The van der Waals surface area contributed by atoms with Gasteiger partial charge in [-0.25, -0.2) is 4.39 Å². The summed E-state index contributed by atoms with van der Waals surface area (Å²) in [6.07, 6.45) is 6.16. The minimum absolute atomic E-state index is 0.104. The lowest BCUT2D eigenvalue weighted by atomic mass is 9.77. The van der Waals surface area contributed by atoms with Crippen molar-refractivity contribution in [1.29, 1.82) is 0 Å². The van der Waals surface area contributed by atoms with Gasteiger partial charge in [-0.15, -0.1) is 0 Å². The van der Waals surface area contributed by atoms with Crippen LogP contribution in [-0.4, -0.2) is 17.4 Å². The van der Waals surface area contributed by atoms with Crippen molar-refractivity contribution in [2.45, 2.75) is 38.1 Å². The Kier molecular flexibility index (Phi) is 6.34. The van der Waals surface area contributed by atoms with E-state index in [1.54, 1.807) is 18.3 Å². The van der Waals surface area contributed by atoms with Crippen LogP contribution in [0.5, 0.6) is 0 Å². The third-order valence-corrected chi connectivity index (χ3v) is 5.27. The first kappa shape index (κ1) is 18.5. The first-order valence-corrected chi connectivity index (χ1v) is 9.30. The maximum atomic E-state index is 13.4. The Balaban J connectivity index is 1.70. The molecule has 0 spiro atoms. The first-order valence-electron chi connectivity index (χ1n) is 9.30. The molecular formula is C21H26FN3O. The molecule has 0 aliphatic heterocycles. The summed E-state index contributed by atoms with van der Waals surface area (Å²) in [7, 11) is 0.